The fraction of sp³-hybridized carbons (Fsp3) is 0.240. The number of para-hydroxylation sites is 1. The summed E-state index contributed by atoms with van der Waals surface area (Å²) in [6, 6.07) is 21.6. The van der Waals surface area contributed by atoms with Crippen molar-refractivity contribution in [2.24, 2.45) is 5.92 Å². The van der Waals surface area contributed by atoms with Crippen molar-refractivity contribution in [1.29, 1.82) is 5.26 Å². The maximum atomic E-state index is 12.7. The fourth-order valence-electron chi connectivity index (χ4n) is 3.95. The molecule has 5 heteroatoms. The van der Waals surface area contributed by atoms with Gasteiger partial charge in [0.15, 0.2) is 0 Å². The predicted octanol–water partition coefficient (Wildman–Crippen LogP) is 4.66. The lowest BCUT2D eigenvalue weighted by Crippen LogP contribution is -2.34. The van der Waals surface area contributed by atoms with Gasteiger partial charge in [-0.05, 0) is 48.9 Å². The summed E-state index contributed by atoms with van der Waals surface area (Å²) in [7, 11) is 0. The Balaban J connectivity index is 1.39. The highest BCUT2D eigenvalue weighted by atomic mass is 16.1. The van der Waals surface area contributed by atoms with Gasteiger partial charge in [0, 0.05) is 19.3 Å². The summed E-state index contributed by atoms with van der Waals surface area (Å²) in [4.78, 5) is 19.3. The van der Waals surface area contributed by atoms with Gasteiger partial charge in [0.05, 0.1) is 28.7 Å². The molecule has 3 aromatic rings. The summed E-state index contributed by atoms with van der Waals surface area (Å²) in [5.74, 6) is 0.427. The summed E-state index contributed by atoms with van der Waals surface area (Å²) in [6.07, 6.45) is 6.75. The quantitative estimate of drug-likeness (QED) is 0.681. The molecule has 1 saturated heterocycles. The van der Waals surface area contributed by atoms with Crippen molar-refractivity contribution in [3.05, 3.63) is 89.7 Å². The maximum Gasteiger partial charge on any atom is 0.257 e. The second-order valence-electron chi connectivity index (χ2n) is 7.66. The lowest BCUT2D eigenvalue weighted by atomic mass is 9.90. The molecule has 150 valence electrons. The second kappa shape index (κ2) is 9.23. The Bertz CT molecular complexity index is 1050. The van der Waals surface area contributed by atoms with Gasteiger partial charge >= 0.3 is 0 Å². The van der Waals surface area contributed by atoms with Gasteiger partial charge in [-0.1, -0.05) is 42.5 Å². The molecule has 0 unspecified atom stereocenters. The molecule has 4 rings (SSSR count). The number of aromatic nitrogens is 1. The highest BCUT2D eigenvalue weighted by molar-refractivity contribution is 6.05. The Kier molecular flexibility index (Phi) is 6.05. The largest absolute Gasteiger partial charge is 0.370 e. The van der Waals surface area contributed by atoms with Crippen molar-refractivity contribution in [2.45, 2.75) is 19.3 Å². The van der Waals surface area contributed by atoms with Crippen molar-refractivity contribution in [3.63, 3.8) is 0 Å². The van der Waals surface area contributed by atoms with Crippen LogP contribution < -0.4 is 10.2 Å². The zero-order valence-electron chi connectivity index (χ0n) is 16.8. The van der Waals surface area contributed by atoms with Crippen LogP contribution >= 0.6 is 0 Å². The van der Waals surface area contributed by atoms with E-state index in [2.05, 4.69) is 51.6 Å². The summed E-state index contributed by atoms with van der Waals surface area (Å²) in [5.41, 5.74) is 3.81. The van der Waals surface area contributed by atoms with Crippen molar-refractivity contribution in [1.82, 2.24) is 4.98 Å². The van der Waals surface area contributed by atoms with Gasteiger partial charge in [0.1, 0.15) is 6.07 Å². The van der Waals surface area contributed by atoms with E-state index >= 15 is 0 Å². The van der Waals surface area contributed by atoms with E-state index in [1.165, 1.54) is 5.56 Å². The van der Waals surface area contributed by atoms with Crippen molar-refractivity contribution in [3.8, 4) is 6.07 Å². The molecule has 1 N–H and O–H groups in total. The molecule has 5 nitrogen and oxygen atoms in total. The molecule has 0 atom stereocenters. The van der Waals surface area contributed by atoms with Crippen LogP contribution in [0.15, 0.2) is 73.1 Å². The third-order valence-electron chi connectivity index (χ3n) is 5.63. The summed E-state index contributed by atoms with van der Waals surface area (Å²) in [6.45, 7) is 1.92. The third-order valence-corrected chi connectivity index (χ3v) is 5.63. The molecule has 1 aliphatic rings. The molecule has 0 bridgehead atoms. The average molecular weight is 396 g/mol. The van der Waals surface area contributed by atoms with Crippen molar-refractivity contribution < 1.29 is 4.79 Å². The standard InChI is InChI=1S/C25H24N4O/c26-16-21-8-4-5-9-24(21)28-25(30)22-15-23(18-27-17-22)29-12-10-20(11-13-29)14-19-6-2-1-3-7-19/h1-9,15,17-18,20H,10-14H2,(H,28,30). The minimum atomic E-state index is -0.258. The molecule has 1 aliphatic heterocycles. The van der Waals surface area contributed by atoms with Gasteiger partial charge in [-0.25, -0.2) is 0 Å². The van der Waals surface area contributed by atoms with Crippen LogP contribution in [0.4, 0.5) is 11.4 Å². The molecule has 1 amide bonds. The summed E-state index contributed by atoms with van der Waals surface area (Å²) >= 11 is 0. The number of anilines is 2. The van der Waals surface area contributed by atoms with Crippen LogP contribution in [0.5, 0.6) is 0 Å². The number of nitrogens with one attached hydrogen (secondary N) is 1. The van der Waals surface area contributed by atoms with E-state index < -0.39 is 0 Å². The van der Waals surface area contributed by atoms with Crippen LogP contribution in [0.25, 0.3) is 0 Å². The number of nitrogens with zero attached hydrogens (tertiary/aromatic N) is 3. The monoisotopic (exact) mass is 396 g/mol. The topological polar surface area (TPSA) is 69.0 Å². The van der Waals surface area contributed by atoms with Gasteiger partial charge in [0.2, 0.25) is 0 Å². The van der Waals surface area contributed by atoms with Crippen LogP contribution in [-0.4, -0.2) is 24.0 Å². The number of amides is 1. The molecule has 0 saturated carbocycles. The van der Waals surface area contributed by atoms with Gasteiger partial charge in [0.25, 0.3) is 5.91 Å². The second-order valence-corrected chi connectivity index (χ2v) is 7.66. The SMILES string of the molecule is N#Cc1ccccc1NC(=O)c1cncc(N2CCC(Cc3ccccc3)CC2)c1. The molecule has 1 fully saturated rings. The lowest BCUT2D eigenvalue weighted by molar-refractivity contribution is 0.102. The van der Waals surface area contributed by atoms with E-state index in [0.717, 1.165) is 38.0 Å². The molecule has 0 aliphatic carbocycles. The number of carbonyl (C=O) groups excluding carboxylic acids is 1. The highest BCUT2D eigenvalue weighted by Crippen LogP contribution is 2.26. The summed E-state index contributed by atoms with van der Waals surface area (Å²) < 4.78 is 0. The Morgan fingerprint density at radius 1 is 1.07 bits per heavy atom. The number of rotatable bonds is 5. The molecule has 1 aromatic heterocycles. The molecular weight excluding hydrogens is 372 g/mol. The van der Waals surface area contributed by atoms with E-state index in [-0.39, 0.29) is 5.91 Å². The number of piperidine rings is 1. The number of hydrogen-bond donors (Lipinski definition) is 1. The molecular formula is C25H24N4O. The van der Waals surface area contributed by atoms with Crippen LogP contribution in [0.1, 0.15) is 34.3 Å². The number of carbonyl (C=O) groups is 1. The first-order valence-corrected chi connectivity index (χ1v) is 10.3. The normalized spacial score (nSPS) is 14.2. The Labute approximate surface area is 177 Å². The Hall–Kier alpha value is -3.65. The number of benzene rings is 2. The average Bonchev–Trinajstić information content (AvgIpc) is 2.81. The van der Waals surface area contributed by atoms with E-state index in [4.69, 9.17) is 0 Å². The van der Waals surface area contributed by atoms with E-state index in [1.807, 2.05) is 12.3 Å². The molecule has 2 aromatic carbocycles. The summed E-state index contributed by atoms with van der Waals surface area (Å²) in [5, 5.41) is 12.0. The van der Waals surface area contributed by atoms with Crippen LogP contribution in [0, 0.1) is 17.2 Å². The Morgan fingerprint density at radius 2 is 1.80 bits per heavy atom. The van der Waals surface area contributed by atoms with Gasteiger partial charge in [-0.3, -0.25) is 9.78 Å². The van der Waals surface area contributed by atoms with Crippen molar-refractivity contribution in [2.75, 3.05) is 23.3 Å². The predicted molar refractivity (Wildman–Crippen MR) is 118 cm³/mol. The molecule has 30 heavy (non-hydrogen) atoms. The van der Waals surface area contributed by atoms with Crippen LogP contribution in [0.2, 0.25) is 0 Å². The number of pyridine rings is 1. The Morgan fingerprint density at radius 3 is 2.57 bits per heavy atom. The smallest absolute Gasteiger partial charge is 0.257 e. The van der Waals surface area contributed by atoms with Gasteiger partial charge in [-0.2, -0.15) is 5.26 Å². The first-order valence-electron chi connectivity index (χ1n) is 10.3. The van der Waals surface area contributed by atoms with E-state index in [0.29, 0.717) is 22.7 Å². The first kappa shape index (κ1) is 19.7. The van der Waals surface area contributed by atoms with Crippen molar-refractivity contribution >= 4 is 17.3 Å². The van der Waals surface area contributed by atoms with Gasteiger partial charge < -0.3 is 10.2 Å². The third kappa shape index (κ3) is 4.66. The van der Waals surface area contributed by atoms with Crippen LogP contribution in [0.3, 0.4) is 0 Å². The molecule has 0 radical (unpaired) electrons. The molecule has 2 heterocycles. The highest BCUT2D eigenvalue weighted by Gasteiger charge is 2.21. The zero-order chi connectivity index (χ0) is 20.8. The maximum absolute atomic E-state index is 12.7. The minimum Gasteiger partial charge on any atom is -0.370 e. The van der Waals surface area contributed by atoms with Gasteiger partial charge in [-0.15, -0.1) is 0 Å². The molecule has 0 spiro atoms. The number of hydrogen-bond acceptors (Lipinski definition) is 4. The zero-order valence-corrected chi connectivity index (χ0v) is 16.8. The van der Waals surface area contributed by atoms with Crippen LogP contribution in [-0.2, 0) is 6.42 Å². The number of nitriles is 1. The first-order chi connectivity index (χ1) is 14.7. The minimum absolute atomic E-state index is 0.258. The fourth-order valence-corrected chi connectivity index (χ4v) is 3.95. The van der Waals surface area contributed by atoms with E-state index in [1.54, 1.807) is 30.5 Å². The van der Waals surface area contributed by atoms with E-state index in [9.17, 15) is 10.1 Å². The lowest BCUT2D eigenvalue weighted by Gasteiger charge is -2.33.